The summed E-state index contributed by atoms with van der Waals surface area (Å²) in [4.78, 5) is 9.76. The van der Waals surface area contributed by atoms with Crippen LogP contribution in [-0.2, 0) is 0 Å². The Morgan fingerprint density at radius 2 is 1.80 bits per heavy atom. The Balaban J connectivity index is 3.94. The van der Waals surface area contributed by atoms with Crippen LogP contribution in [0.4, 0.5) is 0 Å². The summed E-state index contributed by atoms with van der Waals surface area (Å²) in [6.45, 7) is 4.72. The normalized spacial score (nSPS) is 19.6. The molecule has 1 N–H and O–H groups in total. The van der Waals surface area contributed by atoms with Gasteiger partial charge < -0.3 is 5.11 Å². The molecule has 0 amide bonds. The van der Waals surface area contributed by atoms with Crippen LogP contribution in [0.3, 0.4) is 0 Å². The van der Waals surface area contributed by atoms with Crippen molar-refractivity contribution in [2.24, 2.45) is 5.92 Å². The maximum absolute atomic E-state index is 10.1. The molecule has 0 aliphatic rings. The highest BCUT2D eigenvalue weighted by Crippen LogP contribution is 2.09. The lowest BCUT2D eigenvalue weighted by molar-refractivity contribution is -0.529. The van der Waals surface area contributed by atoms with Crippen molar-refractivity contribution in [3.63, 3.8) is 0 Å². The molecule has 0 spiro atoms. The molecule has 0 fully saturated rings. The molecule has 4 nitrogen and oxygen atoms in total. The van der Waals surface area contributed by atoms with Crippen molar-refractivity contribution < 1.29 is 10.0 Å². The third-order valence-electron chi connectivity index (χ3n) is 1.85. The van der Waals surface area contributed by atoms with Gasteiger partial charge in [0.05, 0.1) is 6.10 Å². The van der Waals surface area contributed by atoms with Gasteiger partial charge in [0.1, 0.15) is 0 Å². The molecule has 0 aromatic carbocycles. The lowest BCUT2D eigenvalue weighted by Gasteiger charge is -2.15. The van der Waals surface area contributed by atoms with Crippen molar-refractivity contribution in [1.29, 1.82) is 0 Å². The lowest BCUT2D eigenvalue weighted by Crippen LogP contribution is -2.31. The van der Waals surface area contributed by atoms with Crippen LogP contribution in [0.5, 0.6) is 0 Å². The van der Waals surface area contributed by atoms with E-state index in [1.807, 2.05) is 0 Å². The molecule has 4 heteroatoms. The second-order valence-corrected chi connectivity index (χ2v) is 2.63. The van der Waals surface area contributed by atoms with Gasteiger partial charge in [0, 0.05) is 17.8 Å². The van der Waals surface area contributed by atoms with E-state index in [9.17, 15) is 10.1 Å². The summed E-state index contributed by atoms with van der Waals surface area (Å²) in [6.07, 6.45) is -0.611. The van der Waals surface area contributed by atoms with Crippen LogP contribution in [-0.4, -0.2) is 22.2 Å². The minimum Gasteiger partial charge on any atom is -0.393 e. The van der Waals surface area contributed by atoms with Gasteiger partial charge in [-0.1, -0.05) is 6.92 Å². The molecule has 0 aliphatic heterocycles. The van der Waals surface area contributed by atoms with E-state index in [2.05, 4.69) is 0 Å². The van der Waals surface area contributed by atoms with Gasteiger partial charge in [-0.3, -0.25) is 10.1 Å². The molecular formula is C6H13NO3. The highest BCUT2D eigenvalue weighted by molar-refractivity contribution is 4.64. The van der Waals surface area contributed by atoms with Gasteiger partial charge in [0.15, 0.2) is 0 Å². The molecule has 0 radical (unpaired) electrons. The first kappa shape index (κ1) is 9.36. The molecule has 3 atom stereocenters. The summed E-state index contributed by atoms with van der Waals surface area (Å²) in [5.41, 5.74) is 0. The van der Waals surface area contributed by atoms with Gasteiger partial charge in [-0.2, -0.15) is 0 Å². The summed E-state index contributed by atoms with van der Waals surface area (Å²) >= 11 is 0. The highest BCUT2D eigenvalue weighted by atomic mass is 16.6. The molecule has 0 rings (SSSR count). The predicted octanol–water partition coefficient (Wildman–Crippen LogP) is 0.668. The van der Waals surface area contributed by atoms with Crippen LogP contribution in [0.1, 0.15) is 20.8 Å². The summed E-state index contributed by atoms with van der Waals surface area (Å²) in [6, 6.07) is -0.667. The van der Waals surface area contributed by atoms with E-state index in [1.54, 1.807) is 13.8 Å². The quantitative estimate of drug-likeness (QED) is 0.471. The van der Waals surface area contributed by atoms with Crippen LogP contribution < -0.4 is 0 Å². The van der Waals surface area contributed by atoms with Crippen LogP contribution >= 0.6 is 0 Å². The Morgan fingerprint density at radius 1 is 1.40 bits per heavy atom. The van der Waals surface area contributed by atoms with E-state index < -0.39 is 12.1 Å². The molecule has 0 saturated heterocycles. The Kier molecular flexibility index (Phi) is 3.28. The average molecular weight is 147 g/mol. The number of nitro groups is 1. The fraction of sp³-hybridized carbons (Fsp3) is 1.00. The number of aliphatic hydroxyl groups is 1. The largest absolute Gasteiger partial charge is 0.393 e. The lowest BCUT2D eigenvalue weighted by atomic mass is 9.99. The van der Waals surface area contributed by atoms with E-state index in [4.69, 9.17) is 5.11 Å². The maximum Gasteiger partial charge on any atom is 0.215 e. The first-order valence-electron chi connectivity index (χ1n) is 3.28. The van der Waals surface area contributed by atoms with Crippen molar-refractivity contribution in [3.8, 4) is 0 Å². The zero-order chi connectivity index (χ0) is 8.31. The number of aliphatic hydroxyl groups excluding tert-OH is 1. The Morgan fingerprint density at radius 3 is 1.90 bits per heavy atom. The molecule has 0 saturated carbocycles. The topological polar surface area (TPSA) is 63.4 Å². The Labute approximate surface area is 60.0 Å². The number of hydrogen-bond acceptors (Lipinski definition) is 3. The standard InChI is InChI=1S/C6H13NO3/c1-4(6(3)8)5(2)7(9)10/h4-6,8H,1-3H3. The van der Waals surface area contributed by atoms with Crippen molar-refractivity contribution in [2.45, 2.75) is 32.9 Å². The first-order chi connectivity index (χ1) is 4.46. The summed E-state index contributed by atoms with van der Waals surface area (Å²) in [5, 5.41) is 19.1. The van der Waals surface area contributed by atoms with Gasteiger partial charge in [-0.05, 0) is 6.92 Å². The van der Waals surface area contributed by atoms with Gasteiger partial charge in [-0.25, -0.2) is 0 Å². The van der Waals surface area contributed by atoms with E-state index in [-0.39, 0.29) is 10.8 Å². The third kappa shape index (κ3) is 2.31. The number of nitrogens with zero attached hydrogens (tertiary/aromatic N) is 1. The van der Waals surface area contributed by atoms with E-state index in [1.165, 1.54) is 6.92 Å². The van der Waals surface area contributed by atoms with Crippen LogP contribution in [0, 0.1) is 16.0 Å². The SMILES string of the molecule is CC(O)C(C)C(C)[N+](=O)[O-]. The minimum atomic E-state index is -0.667. The summed E-state index contributed by atoms with van der Waals surface area (Å²) in [5.74, 6) is -0.282. The Hall–Kier alpha value is -0.640. The molecule has 60 valence electrons. The summed E-state index contributed by atoms with van der Waals surface area (Å²) in [7, 11) is 0. The fourth-order valence-corrected chi connectivity index (χ4v) is 0.595. The van der Waals surface area contributed by atoms with Crippen molar-refractivity contribution in [3.05, 3.63) is 10.1 Å². The van der Waals surface area contributed by atoms with Crippen LogP contribution in [0.15, 0.2) is 0 Å². The number of rotatable bonds is 3. The molecule has 0 bridgehead atoms. The molecule has 10 heavy (non-hydrogen) atoms. The molecule has 0 aliphatic carbocycles. The van der Waals surface area contributed by atoms with Crippen molar-refractivity contribution in [1.82, 2.24) is 0 Å². The molecular weight excluding hydrogens is 134 g/mol. The molecule has 0 heterocycles. The fourth-order valence-electron chi connectivity index (χ4n) is 0.595. The smallest absolute Gasteiger partial charge is 0.215 e. The highest BCUT2D eigenvalue weighted by Gasteiger charge is 2.25. The first-order valence-corrected chi connectivity index (χ1v) is 3.28. The summed E-state index contributed by atoms with van der Waals surface area (Å²) < 4.78 is 0. The second kappa shape index (κ2) is 3.51. The third-order valence-corrected chi connectivity index (χ3v) is 1.85. The molecule has 0 aromatic rings. The Bertz CT molecular complexity index is 124. The van der Waals surface area contributed by atoms with Crippen LogP contribution in [0.25, 0.3) is 0 Å². The molecule has 3 unspecified atom stereocenters. The van der Waals surface area contributed by atoms with Gasteiger partial charge in [-0.15, -0.1) is 0 Å². The predicted molar refractivity (Wildman–Crippen MR) is 37.3 cm³/mol. The maximum atomic E-state index is 10.1. The van der Waals surface area contributed by atoms with Gasteiger partial charge in [0.2, 0.25) is 6.04 Å². The van der Waals surface area contributed by atoms with Gasteiger partial charge >= 0.3 is 0 Å². The average Bonchev–Trinajstić information content (AvgIpc) is 1.84. The van der Waals surface area contributed by atoms with E-state index in [0.717, 1.165) is 0 Å². The van der Waals surface area contributed by atoms with Gasteiger partial charge in [0.25, 0.3) is 0 Å². The minimum absolute atomic E-state index is 0.282. The zero-order valence-electron chi connectivity index (χ0n) is 6.44. The second-order valence-electron chi connectivity index (χ2n) is 2.63. The van der Waals surface area contributed by atoms with E-state index >= 15 is 0 Å². The van der Waals surface area contributed by atoms with Crippen molar-refractivity contribution >= 4 is 0 Å². The monoisotopic (exact) mass is 147 g/mol. The van der Waals surface area contributed by atoms with Crippen molar-refractivity contribution in [2.75, 3.05) is 0 Å². The van der Waals surface area contributed by atoms with Crippen LogP contribution in [0.2, 0.25) is 0 Å². The number of hydrogen-bond donors (Lipinski definition) is 1. The molecule has 0 aromatic heterocycles. The van der Waals surface area contributed by atoms with E-state index in [0.29, 0.717) is 0 Å². The zero-order valence-corrected chi connectivity index (χ0v) is 6.44.